The number of alkyl halides is 1. The summed E-state index contributed by atoms with van der Waals surface area (Å²) in [5, 5.41) is 71.5. The van der Waals surface area contributed by atoms with E-state index < -0.39 is 43.1 Å². The number of ketones is 1. The topological polar surface area (TPSA) is 373 Å². The van der Waals surface area contributed by atoms with Crippen LogP contribution in [0, 0.1) is 5.92 Å². The van der Waals surface area contributed by atoms with Crippen LogP contribution in [0.2, 0.25) is 0 Å². The highest BCUT2D eigenvalue weighted by atomic mass is 35.5. The number of carbonyl (C=O) groups is 6. The molecule has 4 aromatic rings. The van der Waals surface area contributed by atoms with Crippen molar-refractivity contribution in [1.29, 1.82) is 0 Å². The molecule has 6 rings (SSSR count). The lowest BCUT2D eigenvalue weighted by atomic mass is 9.89. The van der Waals surface area contributed by atoms with E-state index in [9.17, 15) is 44.1 Å². The predicted octanol–water partition coefficient (Wildman–Crippen LogP) is 3.82. The Kier molecular flexibility index (Phi) is 32.8. The van der Waals surface area contributed by atoms with E-state index in [4.69, 9.17) is 74.7 Å². The number of ether oxygens (including phenoxy) is 9. The highest BCUT2D eigenvalue weighted by molar-refractivity contribution is 6.19. The first-order valence-corrected chi connectivity index (χ1v) is 29.6. The number of aliphatic hydroxyl groups excluding tert-OH is 6. The second-order valence-electron chi connectivity index (χ2n) is 20.4. The van der Waals surface area contributed by atoms with Gasteiger partial charge in [0.2, 0.25) is 5.91 Å². The van der Waals surface area contributed by atoms with Gasteiger partial charge in [0.15, 0.2) is 18.9 Å². The molecule has 3 heterocycles. The van der Waals surface area contributed by atoms with Crippen molar-refractivity contribution in [2.24, 2.45) is 5.92 Å². The fraction of sp³-hybridized carbons (Fsp3) is 0.600. The molecular weight excluding hydrogens is 1180 g/mol. The van der Waals surface area contributed by atoms with Gasteiger partial charge < -0.3 is 104 Å². The highest BCUT2D eigenvalue weighted by Crippen LogP contribution is 2.44. The summed E-state index contributed by atoms with van der Waals surface area (Å²) in [4.78, 5) is 81.4. The molecule has 3 aromatic carbocycles. The van der Waals surface area contributed by atoms with Crippen LogP contribution in [0.4, 0.5) is 15.3 Å². The van der Waals surface area contributed by atoms with Crippen LogP contribution in [0.3, 0.4) is 0 Å². The van der Waals surface area contributed by atoms with Crippen molar-refractivity contribution >= 4 is 74.7 Å². The Morgan fingerprint density at radius 1 is 0.693 bits per heavy atom. The van der Waals surface area contributed by atoms with Crippen molar-refractivity contribution < 1.29 is 107 Å². The lowest BCUT2D eigenvalue weighted by Crippen LogP contribution is -2.36. The summed E-state index contributed by atoms with van der Waals surface area (Å²) < 4.78 is 46.2. The molecule has 10 N–H and O–H groups in total. The van der Waals surface area contributed by atoms with Gasteiger partial charge in [0.1, 0.15) is 30.4 Å². The van der Waals surface area contributed by atoms with Crippen molar-refractivity contribution in [3.8, 4) is 5.75 Å². The molecule has 0 bridgehead atoms. The number of carbonyl (C=O) groups excluding carboxylic acids is 5. The zero-order valence-corrected chi connectivity index (χ0v) is 51.8. The number of halogens is 1. The minimum Gasteiger partial charge on any atom is -0.496 e. The minimum absolute atomic E-state index is 0.0130. The summed E-state index contributed by atoms with van der Waals surface area (Å²) in [5.41, 5.74) is 4.04. The van der Waals surface area contributed by atoms with Crippen LogP contribution in [0.5, 0.6) is 5.75 Å². The van der Waals surface area contributed by atoms with Crippen LogP contribution < -0.4 is 20.3 Å². The summed E-state index contributed by atoms with van der Waals surface area (Å²) in [6, 6.07) is 13.1. The molecule has 27 nitrogen and oxygen atoms in total. The summed E-state index contributed by atoms with van der Waals surface area (Å²) in [6.45, 7) is 4.97. The number of aromatic nitrogens is 1. The number of methoxy groups -OCH3 is 4. The molecule has 0 aliphatic carbocycles. The van der Waals surface area contributed by atoms with Crippen molar-refractivity contribution in [2.75, 3.05) is 112 Å². The van der Waals surface area contributed by atoms with E-state index in [1.54, 1.807) is 21.9 Å². The van der Waals surface area contributed by atoms with Gasteiger partial charge in [-0.1, -0.05) is 45.0 Å². The first kappa shape index (κ1) is 74.2. The van der Waals surface area contributed by atoms with Crippen LogP contribution >= 0.6 is 11.6 Å². The molecule has 88 heavy (non-hydrogen) atoms. The summed E-state index contributed by atoms with van der Waals surface area (Å²) in [5.74, 6) is -1.40. The molecule has 0 saturated carbocycles. The molecule has 1 fully saturated rings. The number of Topliss-reactive ketones (excluding diaryl/α,β-unsaturated/α-hetero) is 1. The maximum Gasteiger partial charge on any atom is 0.407 e. The number of hydrogen-bond donors (Lipinski definition) is 10. The van der Waals surface area contributed by atoms with E-state index in [2.05, 4.69) is 15.6 Å². The van der Waals surface area contributed by atoms with Gasteiger partial charge in [-0.15, -0.1) is 11.6 Å². The number of aliphatic hydroxyl groups is 6. The number of hydrogen-bond acceptors (Lipinski definition) is 21. The van der Waals surface area contributed by atoms with E-state index in [0.29, 0.717) is 72.2 Å². The first-order chi connectivity index (χ1) is 42.4. The number of rotatable bonds is 34. The van der Waals surface area contributed by atoms with Gasteiger partial charge in [-0.2, -0.15) is 0 Å². The Morgan fingerprint density at radius 3 is 1.73 bits per heavy atom. The molecule has 2 aliphatic heterocycles. The number of carboxylic acid groups (broad SMARTS) is 1. The number of H-pyrrole nitrogens is 1. The van der Waals surface area contributed by atoms with Crippen molar-refractivity contribution in [1.82, 2.24) is 20.5 Å². The van der Waals surface area contributed by atoms with Crippen LogP contribution in [0.1, 0.15) is 98.0 Å². The molecule has 1 saturated heterocycles. The number of carboxylic acids is 1. The van der Waals surface area contributed by atoms with E-state index in [0.717, 1.165) is 21.9 Å². The van der Waals surface area contributed by atoms with E-state index in [-0.39, 0.29) is 145 Å². The van der Waals surface area contributed by atoms with Crippen molar-refractivity contribution in [3.05, 3.63) is 70.4 Å². The van der Waals surface area contributed by atoms with Crippen LogP contribution in [-0.4, -0.2) is 225 Å². The van der Waals surface area contributed by atoms with Gasteiger partial charge in [-0.25, -0.2) is 9.59 Å². The average molecular weight is 1270 g/mol. The SMILES string of the molecule is CCC(CO)OC(CO)OC.CCC(CO)OC(COC(=O)NCCC(=O)N1CCC(C(=O)Cc2cc3c(c4ccccc24)[C@H](CCl)CN3C(=O)c2cc3cc(OC)c(CO)c(CO)c3[nH]2)C1)OC.CCC(CO)OC(COC(=O)NCCC(=O)O)OC. The summed E-state index contributed by atoms with van der Waals surface area (Å²) >= 11 is 6.53. The smallest absolute Gasteiger partial charge is 0.407 e. The Bertz CT molecular complexity index is 2820. The molecule has 4 amide bonds. The third kappa shape index (κ3) is 21.4. The Hall–Kier alpha value is -6.31. The second kappa shape index (κ2) is 39.0. The second-order valence-corrected chi connectivity index (χ2v) is 20.7. The number of nitrogens with zero attached hydrogens (tertiary/aromatic N) is 2. The number of aliphatic carboxylic acids is 1. The van der Waals surface area contributed by atoms with Crippen LogP contribution in [-0.2, 0) is 71.9 Å². The Labute approximate surface area is 516 Å². The standard InChI is InChI=1S/C42H51ClN4O11.C11H21NO7.C7H16O4/c1-4-28(20-48)58-38(56-3)23-57-42(54)44-11-9-37(52)46-12-10-24(18-46)35(51)15-25-14-34-39(30-8-6-5-7-29(25)30)27(17-43)19-47(34)41(53)33-13-26-16-36(55-2)31(21-49)32(22-50)40(26)45-33;1-3-8(6-13)19-10(17-2)7-18-11(16)12-5-4-9(14)15;1-3-6(4-8)11-7(5-9)10-2/h5-8,13-14,16,24,27-28,38,45,48-50H,4,9-12,15,17-23H2,1-3H3,(H,44,54);8,10,13H,3-7H2,1-2H3,(H,12,16)(H,14,15);6-9H,3-5H2,1-2H3/t24?,27-,28?,38?;;/m1../s1. The molecule has 28 heteroatoms. The average Bonchev–Trinajstić information content (AvgIpc) is 1.58. The fourth-order valence-corrected chi connectivity index (χ4v) is 10.0. The normalized spacial score (nSPS) is 16.5. The molecule has 0 radical (unpaired) electrons. The van der Waals surface area contributed by atoms with E-state index in [1.807, 2.05) is 51.1 Å². The third-order valence-electron chi connectivity index (χ3n) is 14.8. The molecule has 2 aliphatic rings. The van der Waals surface area contributed by atoms with Gasteiger partial charge in [-0.05, 0) is 65.8 Å². The zero-order chi connectivity index (χ0) is 64.9. The summed E-state index contributed by atoms with van der Waals surface area (Å²) in [7, 11) is 5.72. The van der Waals surface area contributed by atoms with Gasteiger partial charge in [0.05, 0.1) is 77.0 Å². The number of likely N-dealkylation sites (tertiary alicyclic amines) is 1. The van der Waals surface area contributed by atoms with Gasteiger partial charge >= 0.3 is 18.2 Å². The summed E-state index contributed by atoms with van der Waals surface area (Å²) in [6.07, 6.45) is -2.49. The largest absolute Gasteiger partial charge is 0.496 e. The van der Waals surface area contributed by atoms with Crippen molar-refractivity contribution in [2.45, 2.75) is 122 Å². The van der Waals surface area contributed by atoms with Gasteiger partial charge in [-0.3, -0.25) is 19.2 Å². The third-order valence-corrected chi connectivity index (χ3v) is 15.1. The lowest BCUT2D eigenvalue weighted by molar-refractivity contribution is -0.181. The number of fused-ring (bicyclic) bond motifs is 4. The van der Waals surface area contributed by atoms with E-state index >= 15 is 0 Å². The van der Waals surface area contributed by atoms with Crippen LogP contribution in [0.25, 0.3) is 21.7 Å². The molecule has 7 unspecified atom stereocenters. The Morgan fingerprint density at radius 2 is 1.24 bits per heavy atom. The quantitative estimate of drug-likeness (QED) is 0.0235. The number of aromatic amines is 1. The Balaban J connectivity index is 0.000000453. The first-order valence-electron chi connectivity index (χ1n) is 29.1. The number of nitrogens with one attached hydrogen (secondary N) is 3. The molecule has 8 atom stereocenters. The van der Waals surface area contributed by atoms with E-state index in [1.165, 1.54) is 28.4 Å². The maximum absolute atomic E-state index is 14.3. The molecular formula is C60H88ClN5O22. The minimum atomic E-state index is -1.01. The monoisotopic (exact) mass is 1270 g/mol. The maximum atomic E-state index is 14.3. The lowest BCUT2D eigenvalue weighted by Gasteiger charge is -2.21. The number of alkyl carbamates (subject to hydrolysis) is 2. The number of anilines is 1. The van der Waals surface area contributed by atoms with Gasteiger partial charge in [0, 0.05) is 107 Å². The molecule has 1 aromatic heterocycles. The number of amides is 4. The predicted molar refractivity (Wildman–Crippen MR) is 321 cm³/mol. The zero-order valence-electron chi connectivity index (χ0n) is 51.0. The molecule has 492 valence electrons. The fourth-order valence-electron chi connectivity index (χ4n) is 9.76. The van der Waals surface area contributed by atoms with Gasteiger partial charge in [0.25, 0.3) is 5.91 Å². The molecule has 0 spiro atoms. The van der Waals surface area contributed by atoms with Crippen molar-refractivity contribution in [3.63, 3.8) is 0 Å². The number of benzene rings is 3. The highest BCUT2D eigenvalue weighted by Gasteiger charge is 2.37. The van der Waals surface area contributed by atoms with Crippen LogP contribution in [0.15, 0.2) is 42.5 Å².